The Bertz CT molecular complexity index is 1380. The maximum absolute atomic E-state index is 14.2. The molecule has 0 saturated carbocycles. The molecule has 0 radical (unpaired) electrons. The first-order valence-electron chi connectivity index (χ1n) is 11.9. The van der Waals surface area contributed by atoms with Gasteiger partial charge in [0.05, 0.1) is 12.6 Å². The lowest BCUT2D eigenvalue weighted by molar-refractivity contribution is 0.282. The van der Waals surface area contributed by atoms with Gasteiger partial charge in [-0.2, -0.15) is 0 Å². The van der Waals surface area contributed by atoms with Crippen molar-refractivity contribution in [1.82, 2.24) is 4.90 Å². The van der Waals surface area contributed by atoms with Crippen LogP contribution in [-0.4, -0.2) is 22.9 Å². The van der Waals surface area contributed by atoms with Crippen LogP contribution in [0.15, 0.2) is 113 Å². The molecule has 37 heavy (non-hydrogen) atoms. The molecular formula is C29H27N2O4PS. The van der Waals surface area contributed by atoms with Crippen molar-refractivity contribution in [3.05, 3.63) is 125 Å². The van der Waals surface area contributed by atoms with Gasteiger partial charge in [-0.1, -0.05) is 72.8 Å². The first-order chi connectivity index (χ1) is 18.0. The zero-order valence-electron chi connectivity index (χ0n) is 20.3. The topological polar surface area (TPSA) is 71.4 Å². The Morgan fingerprint density at radius 3 is 2.08 bits per heavy atom. The van der Waals surface area contributed by atoms with Gasteiger partial charge in [-0.05, 0) is 52.4 Å². The predicted molar refractivity (Wildman–Crippen MR) is 149 cm³/mol. The molecule has 4 aromatic rings. The largest absolute Gasteiger partial charge is 0.564 e. The van der Waals surface area contributed by atoms with Gasteiger partial charge in [0, 0.05) is 18.3 Å². The fraction of sp³-hybridized carbons (Fsp3) is 0.138. The van der Waals surface area contributed by atoms with Gasteiger partial charge in [-0.3, -0.25) is 0 Å². The molecular weight excluding hydrogens is 503 g/mol. The van der Waals surface area contributed by atoms with Crippen molar-refractivity contribution in [2.45, 2.75) is 19.1 Å². The number of thiophene rings is 1. The van der Waals surface area contributed by atoms with Gasteiger partial charge in [0.25, 0.3) is 0 Å². The summed E-state index contributed by atoms with van der Waals surface area (Å²) in [6.07, 6.45) is 2.65. The molecule has 1 unspecified atom stereocenters. The number of hydrogen-bond acceptors (Lipinski definition) is 5. The Morgan fingerprint density at radius 1 is 0.919 bits per heavy atom. The lowest BCUT2D eigenvalue weighted by Crippen LogP contribution is -2.33. The second kappa shape index (κ2) is 11.2. The summed E-state index contributed by atoms with van der Waals surface area (Å²) in [6.45, 7) is -0.0105. The zero-order chi connectivity index (χ0) is 25.7. The minimum absolute atomic E-state index is 0.0105. The third-order valence-electron chi connectivity index (χ3n) is 6.04. The lowest BCUT2D eigenvalue weighted by atomic mass is 9.94. The Balaban J connectivity index is 1.56. The van der Waals surface area contributed by atoms with Crippen LogP contribution in [0.25, 0.3) is 5.57 Å². The maximum Gasteiger partial charge on any atom is 0.564 e. The number of amidine groups is 1. The molecule has 5 rings (SSSR count). The van der Waals surface area contributed by atoms with E-state index >= 15 is 0 Å². The maximum atomic E-state index is 14.2. The molecule has 0 saturated heterocycles. The number of likely N-dealkylation sites (N-methyl/N-ethyl adjacent to an activating group) is 1. The summed E-state index contributed by atoms with van der Waals surface area (Å²) in [7, 11) is -2.07. The standard InChI is InChI=1S/C29H27N2O4PS/c1-31-27(28-13-8-18-37-28)19-24(23-16-14-22(21-32)15-17-23)20-29(31)30-36(33,34-25-9-4-2-5-10-25)35-26-11-6-3-7-12-26/h2-19,27,32H,20-21H2,1H3/b30-29-. The normalized spacial score (nSPS) is 16.9. The van der Waals surface area contributed by atoms with E-state index in [9.17, 15) is 9.67 Å². The van der Waals surface area contributed by atoms with Gasteiger partial charge in [-0.25, -0.2) is 4.57 Å². The molecule has 1 aromatic heterocycles. The molecule has 0 amide bonds. The molecule has 1 aliphatic rings. The predicted octanol–water partition coefficient (Wildman–Crippen LogP) is 7.37. The highest BCUT2D eigenvalue weighted by Gasteiger charge is 2.34. The Kier molecular flexibility index (Phi) is 7.56. The van der Waals surface area contributed by atoms with Crippen LogP contribution in [0.3, 0.4) is 0 Å². The van der Waals surface area contributed by atoms with E-state index in [0.717, 1.165) is 21.6 Å². The smallest absolute Gasteiger partial charge is 0.399 e. The molecule has 0 fully saturated rings. The van der Waals surface area contributed by atoms with Crippen LogP contribution in [0.2, 0.25) is 0 Å². The fourth-order valence-electron chi connectivity index (χ4n) is 4.11. The van der Waals surface area contributed by atoms with Crippen LogP contribution in [-0.2, 0) is 11.2 Å². The highest BCUT2D eigenvalue weighted by Crippen LogP contribution is 2.51. The summed E-state index contributed by atoms with van der Waals surface area (Å²) in [5, 5.41) is 11.5. The number of nitrogens with zero attached hydrogens (tertiary/aromatic N) is 2. The van der Waals surface area contributed by atoms with Gasteiger partial charge in [-0.15, -0.1) is 16.1 Å². The van der Waals surface area contributed by atoms with Gasteiger partial charge < -0.3 is 19.1 Å². The average Bonchev–Trinajstić information content (AvgIpc) is 3.46. The summed E-state index contributed by atoms with van der Waals surface area (Å²) in [4.78, 5) is 3.16. The summed E-state index contributed by atoms with van der Waals surface area (Å²) in [5.41, 5.74) is 2.91. The molecule has 6 nitrogen and oxygen atoms in total. The van der Waals surface area contributed by atoms with E-state index in [1.54, 1.807) is 35.6 Å². The van der Waals surface area contributed by atoms with Gasteiger partial charge in [0.15, 0.2) is 0 Å². The van der Waals surface area contributed by atoms with Crippen LogP contribution in [0, 0.1) is 0 Å². The quantitative estimate of drug-likeness (QED) is 0.241. The SMILES string of the molecule is CN1/C(=N\P(=O)(Oc2ccccc2)Oc2ccccc2)CC(c2ccc(CO)cc2)=CC1c1cccs1. The van der Waals surface area contributed by atoms with Crippen molar-refractivity contribution < 1.29 is 18.7 Å². The summed E-state index contributed by atoms with van der Waals surface area (Å²) in [6, 6.07) is 29.7. The minimum Gasteiger partial charge on any atom is -0.399 e. The van der Waals surface area contributed by atoms with Crippen molar-refractivity contribution in [2.75, 3.05) is 7.05 Å². The van der Waals surface area contributed by atoms with Crippen molar-refractivity contribution >= 4 is 30.5 Å². The Labute approximate surface area is 220 Å². The third kappa shape index (κ3) is 6.03. The lowest BCUT2D eigenvalue weighted by Gasteiger charge is -2.34. The fourth-order valence-corrected chi connectivity index (χ4v) is 6.33. The van der Waals surface area contributed by atoms with Crippen LogP contribution < -0.4 is 9.05 Å². The van der Waals surface area contributed by atoms with E-state index < -0.39 is 7.75 Å². The summed E-state index contributed by atoms with van der Waals surface area (Å²) >= 11 is 1.66. The third-order valence-corrected chi connectivity index (χ3v) is 8.34. The second-order valence-corrected chi connectivity index (χ2v) is 11.1. The molecule has 1 N–H and O–H groups in total. The highest BCUT2D eigenvalue weighted by atomic mass is 32.1. The first kappa shape index (κ1) is 25.0. The molecule has 0 spiro atoms. The van der Waals surface area contributed by atoms with Crippen LogP contribution >= 0.6 is 19.1 Å². The molecule has 3 aromatic carbocycles. The van der Waals surface area contributed by atoms with E-state index in [1.807, 2.05) is 84.1 Å². The van der Waals surface area contributed by atoms with Crippen LogP contribution in [0.1, 0.15) is 28.5 Å². The van der Waals surface area contributed by atoms with Crippen LogP contribution in [0.5, 0.6) is 11.5 Å². The molecule has 0 aliphatic carbocycles. The molecule has 1 aliphatic heterocycles. The minimum atomic E-state index is -4.01. The zero-order valence-corrected chi connectivity index (χ0v) is 22.0. The van der Waals surface area contributed by atoms with E-state index in [0.29, 0.717) is 23.8 Å². The van der Waals surface area contributed by atoms with Gasteiger partial charge >= 0.3 is 7.75 Å². The molecule has 0 bridgehead atoms. The van der Waals surface area contributed by atoms with Crippen molar-refractivity contribution in [2.24, 2.45) is 4.76 Å². The average molecular weight is 531 g/mol. The Morgan fingerprint density at radius 2 is 1.54 bits per heavy atom. The van der Waals surface area contributed by atoms with Gasteiger partial charge in [0.2, 0.25) is 0 Å². The Hall–Kier alpha value is -3.64. The van der Waals surface area contributed by atoms with Crippen LogP contribution in [0.4, 0.5) is 0 Å². The highest BCUT2D eigenvalue weighted by molar-refractivity contribution is 7.53. The molecule has 2 heterocycles. The van der Waals surface area contributed by atoms with E-state index in [2.05, 4.69) is 16.9 Å². The monoisotopic (exact) mass is 530 g/mol. The molecule has 8 heteroatoms. The number of para-hydroxylation sites is 2. The summed E-state index contributed by atoms with van der Waals surface area (Å²) < 4.78 is 30.7. The molecule has 188 valence electrons. The van der Waals surface area contributed by atoms with Crippen molar-refractivity contribution in [1.29, 1.82) is 0 Å². The number of aliphatic hydroxyl groups is 1. The van der Waals surface area contributed by atoms with Crippen molar-refractivity contribution in [3.8, 4) is 11.5 Å². The number of benzene rings is 3. The summed E-state index contributed by atoms with van der Waals surface area (Å²) in [5.74, 6) is 1.42. The second-order valence-electron chi connectivity index (χ2n) is 8.59. The number of hydrogen-bond donors (Lipinski definition) is 1. The first-order valence-corrected chi connectivity index (χ1v) is 14.3. The van der Waals surface area contributed by atoms with E-state index in [1.165, 1.54) is 0 Å². The number of aliphatic hydroxyl groups excluding tert-OH is 1. The number of rotatable bonds is 8. The van der Waals surface area contributed by atoms with Crippen molar-refractivity contribution in [3.63, 3.8) is 0 Å². The van der Waals surface area contributed by atoms with E-state index in [-0.39, 0.29) is 12.6 Å². The molecule has 1 atom stereocenters. The van der Waals surface area contributed by atoms with Gasteiger partial charge in [0.1, 0.15) is 17.3 Å². The van der Waals surface area contributed by atoms with E-state index in [4.69, 9.17) is 9.05 Å².